The van der Waals surface area contributed by atoms with E-state index >= 15 is 0 Å². The minimum absolute atomic E-state index is 0.0687. The van der Waals surface area contributed by atoms with Crippen LogP contribution in [0.25, 0.3) is 10.2 Å². The van der Waals surface area contributed by atoms with Gasteiger partial charge in [0.25, 0.3) is 0 Å². The van der Waals surface area contributed by atoms with Crippen LogP contribution in [0.15, 0.2) is 0 Å². The zero-order valence-corrected chi connectivity index (χ0v) is 11.2. The number of pyridine rings is 1. The highest BCUT2D eigenvalue weighted by atomic mass is 35.5. The maximum Gasteiger partial charge on any atom is 0.234 e. The number of fused-ring (bicyclic) bond motifs is 1. The zero-order chi connectivity index (χ0) is 12.6. The molecule has 0 fully saturated rings. The molecule has 0 bridgehead atoms. The molecule has 0 aliphatic heterocycles. The Morgan fingerprint density at radius 3 is 2.82 bits per heavy atom. The number of ether oxygens (including phenoxy) is 1. The normalized spacial score (nSPS) is 11.1. The Labute approximate surface area is 108 Å². The van der Waals surface area contributed by atoms with Crippen LogP contribution in [0.5, 0.6) is 5.88 Å². The van der Waals surface area contributed by atoms with Crippen LogP contribution in [0.3, 0.4) is 0 Å². The van der Waals surface area contributed by atoms with Crippen molar-refractivity contribution in [1.29, 1.82) is 0 Å². The standard InChI is InChI=1S/C11H13ClN2O2S/c1-5-7-9(13)6(2)17-11(7)14-10(8(5)12)16-4-3-15/h15H,3-4,13H2,1-2H3. The number of aryl methyl sites for hydroxylation is 2. The van der Waals surface area contributed by atoms with Crippen molar-refractivity contribution < 1.29 is 9.84 Å². The highest BCUT2D eigenvalue weighted by molar-refractivity contribution is 7.19. The lowest BCUT2D eigenvalue weighted by Crippen LogP contribution is -2.04. The highest BCUT2D eigenvalue weighted by Crippen LogP contribution is 2.40. The third kappa shape index (κ3) is 2.06. The summed E-state index contributed by atoms with van der Waals surface area (Å²) in [6.07, 6.45) is 0. The summed E-state index contributed by atoms with van der Waals surface area (Å²) in [4.78, 5) is 6.16. The van der Waals surface area contributed by atoms with Gasteiger partial charge in [-0.15, -0.1) is 11.3 Å². The Morgan fingerprint density at radius 2 is 2.18 bits per heavy atom. The molecule has 0 aliphatic carbocycles. The van der Waals surface area contributed by atoms with E-state index in [4.69, 9.17) is 27.2 Å². The first-order valence-corrected chi connectivity index (χ1v) is 6.34. The van der Waals surface area contributed by atoms with Gasteiger partial charge in [-0.3, -0.25) is 0 Å². The van der Waals surface area contributed by atoms with Crippen LogP contribution in [0, 0.1) is 13.8 Å². The predicted molar refractivity (Wildman–Crippen MR) is 71.1 cm³/mol. The van der Waals surface area contributed by atoms with Crippen LogP contribution in [-0.2, 0) is 0 Å². The molecule has 2 rings (SSSR count). The summed E-state index contributed by atoms with van der Waals surface area (Å²) in [6, 6.07) is 0. The molecule has 0 radical (unpaired) electrons. The first-order chi connectivity index (χ1) is 8.06. The lowest BCUT2D eigenvalue weighted by Gasteiger charge is -2.08. The van der Waals surface area contributed by atoms with Crippen LogP contribution >= 0.6 is 22.9 Å². The maximum atomic E-state index is 8.74. The number of halogens is 1. The van der Waals surface area contributed by atoms with Crippen molar-refractivity contribution in [2.75, 3.05) is 18.9 Å². The predicted octanol–water partition coefficient (Wildman–Crippen LogP) is 2.52. The molecule has 17 heavy (non-hydrogen) atoms. The van der Waals surface area contributed by atoms with Crippen molar-refractivity contribution in [2.24, 2.45) is 0 Å². The van der Waals surface area contributed by atoms with E-state index in [1.165, 1.54) is 11.3 Å². The molecule has 3 N–H and O–H groups in total. The summed E-state index contributed by atoms with van der Waals surface area (Å²) in [5.74, 6) is 0.354. The van der Waals surface area contributed by atoms with Crippen molar-refractivity contribution in [1.82, 2.24) is 4.98 Å². The van der Waals surface area contributed by atoms with E-state index in [1.807, 2.05) is 13.8 Å². The van der Waals surface area contributed by atoms with E-state index in [1.54, 1.807) is 0 Å². The fraction of sp³-hybridized carbons (Fsp3) is 0.364. The SMILES string of the molecule is Cc1sc2nc(OCCO)c(Cl)c(C)c2c1N. The second-order valence-electron chi connectivity index (χ2n) is 3.68. The lowest BCUT2D eigenvalue weighted by atomic mass is 10.2. The van der Waals surface area contributed by atoms with Gasteiger partial charge in [-0.05, 0) is 19.4 Å². The molecule has 92 valence electrons. The monoisotopic (exact) mass is 272 g/mol. The summed E-state index contributed by atoms with van der Waals surface area (Å²) in [7, 11) is 0. The first-order valence-electron chi connectivity index (χ1n) is 5.14. The Kier molecular flexibility index (Phi) is 3.42. The molecule has 2 aromatic rings. The summed E-state index contributed by atoms with van der Waals surface area (Å²) in [5, 5.41) is 10.1. The molecule has 0 amide bonds. The second kappa shape index (κ2) is 4.68. The smallest absolute Gasteiger partial charge is 0.234 e. The Morgan fingerprint density at radius 1 is 1.47 bits per heavy atom. The summed E-state index contributed by atoms with van der Waals surface area (Å²) >= 11 is 7.68. The number of thiophene rings is 1. The minimum atomic E-state index is -0.0687. The van der Waals surface area contributed by atoms with Crippen LogP contribution in [0.2, 0.25) is 5.02 Å². The van der Waals surface area contributed by atoms with Crippen LogP contribution in [0.1, 0.15) is 10.4 Å². The van der Waals surface area contributed by atoms with E-state index in [0.717, 1.165) is 26.3 Å². The Balaban J connectivity index is 2.62. The Hall–Kier alpha value is -1.04. The Bertz CT molecular complexity index is 568. The van der Waals surface area contributed by atoms with Gasteiger partial charge in [0.15, 0.2) is 0 Å². The van der Waals surface area contributed by atoms with Crippen LogP contribution in [-0.4, -0.2) is 23.3 Å². The highest BCUT2D eigenvalue weighted by Gasteiger charge is 2.16. The van der Waals surface area contributed by atoms with Crippen molar-refractivity contribution >= 4 is 38.8 Å². The average molecular weight is 273 g/mol. The zero-order valence-electron chi connectivity index (χ0n) is 9.58. The molecule has 4 nitrogen and oxygen atoms in total. The van der Waals surface area contributed by atoms with Gasteiger partial charge in [0, 0.05) is 10.3 Å². The summed E-state index contributed by atoms with van der Waals surface area (Å²) < 4.78 is 5.30. The van der Waals surface area contributed by atoms with E-state index in [2.05, 4.69) is 4.98 Å². The third-order valence-electron chi connectivity index (χ3n) is 2.54. The molecule has 0 atom stereocenters. The van der Waals surface area contributed by atoms with Gasteiger partial charge in [0.05, 0.1) is 12.3 Å². The molecule has 0 saturated heterocycles. The topological polar surface area (TPSA) is 68.4 Å². The fourth-order valence-electron chi connectivity index (χ4n) is 1.63. The number of hydrogen-bond donors (Lipinski definition) is 2. The number of hydrogen-bond acceptors (Lipinski definition) is 5. The second-order valence-corrected chi connectivity index (χ2v) is 5.26. The van der Waals surface area contributed by atoms with Crippen molar-refractivity contribution in [3.05, 3.63) is 15.5 Å². The molecule has 6 heteroatoms. The summed E-state index contributed by atoms with van der Waals surface area (Å²) in [6.45, 7) is 3.95. The largest absolute Gasteiger partial charge is 0.474 e. The molecular weight excluding hydrogens is 260 g/mol. The van der Waals surface area contributed by atoms with Gasteiger partial charge in [-0.25, -0.2) is 4.98 Å². The molecule has 0 aromatic carbocycles. The fourth-order valence-corrected chi connectivity index (χ4v) is 2.82. The quantitative estimate of drug-likeness (QED) is 0.901. The summed E-state index contributed by atoms with van der Waals surface area (Å²) in [5.41, 5.74) is 7.58. The van der Waals surface area contributed by atoms with Crippen LogP contribution < -0.4 is 10.5 Å². The van der Waals surface area contributed by atoms with E-state index < -0.39 is 0 Å². The third-order valence-corrected chi connectivity index (χ3v) is 4.00. The van der Waals surface area contributed by atoms with Gasteiger partial charge in [-0.1, -0.05) is 11.6 Å². The number of nitrogens with two attached hydrogens (primary N) is 1. The number of aliphatic hydroxyl groups is 1. The molecule has 0 saturated carbocycles. The number of aromatic nitrogens is 1. The molecule has 2 aromatic heterocycles. The van der Waals surface area contributed by atoms with Gasteiger partial charge < -0.3 is 15.6 Å². The molecule has 0 spiro atoms. The van der Waals surface area contributed by atoms with Crippen LogP contribution in [0.4, 0.5) is 5.69 Å². The molecular formula is C11H13ClN2O2S. The average Bonchev–Trinajstić information content (AvgIpc) is 2.58. The number of anilines is 1. The van der Waals surface area contributed by atoms with Crippen molar-refractivity contribution in [3.63, 3.8) is 0 Å². The van der Waals surface area contributed by atoms with Gasteiger partial charge in [0.1, 0.15) is 16.5 Å². The molecule has 0 unspecified atom stereocenters. The number of nitrogen functional groups attached to an aromatic ring is 1. The van der Waals surface area contributed by atoms with Gasteiger partial charge in [-0.2, -0.15) is 0 Å². The first kappa shape index (κ1) is 12.4. The number of rotatable bonds is 3. The van der Waals surface area contributed by atoms with Gasteiger partial charge in [0.2, 0.25) is 5.88 Å². The van der Waals surface area contributed by atoms with E-state index in [-0.39, 0.29) is 13.2 Å². The van der Waals surface area contributed by atoms with Gasteiger partial charge >= 0.3 is 0 Å². The van der Waals surface area contributed by atoms with Crippen molar-refractivity contribution in [2.45, 2.75) is 13.8 Å². The minimum Gasteiger partial charge on any atom is -0.474 e. The van der Waals surface area contributed by atoms with Crippen molar-refractivity contribution in [3.8, 4) is 5.88 Å². The number of nitrogens with zero attached hydrogens (tertiary/aromatic N) is 1. The molecule has 2 heterocycles. The lowest BCUT2D eigenvalue weighted by molar-refractivity contribution is 0.197. The maximum absolute atomic E-state index is 8.74. The van der Waals surface area contributed by atoms with E-state index in [9.17, 15) is 0 Å². The number of aliphatic hydroxyl groups excluding tert-OH is 1. The van der Waals surface area contributed by atoms with E-state index in [0.29, 0.717) is 10.9 Å². The molecule has 0 aliphatic rings.